The predicted octanol–water partition coefficient (Wildman–Crippen LogP) is 2.26. The summed E-state index contributed by atoms with van der Waals surface area (Å²) in [5.74, 6) is -0.397. The van der Waals surface area contributed by atoms with Gasteiger partial charge in [0.25, 0.3) is 0 Å². The Morgan fingerprint density at radius 3 is 2.33 bits per heavy atom. The second-order valence-electron chi connectivity index (χ2n) is 5.99. The smallest absolute Gasteiger partial charge is 0.243 e. The lowest BCUT2D eigenvalue weighted by molar-refractivity contribution is -0.124. The van der Waals surface area contributed by atoms with Gasteiger partial charge in [-0.1, -0.05) is 18.2 Å². The number of aromatic nitrogens is 2. The van der Waals surface area contributed by atoms with Crippen molar-refractivity contribution in [2.75, 3.05) is 11.9 Å². The third kappa shape index (κ3) is 4.68. The number of nitrogens with zero attached hydrogens (tertiary/aromatic N) is 2. The molecule has 2 N–H and O–H groups in total. The molecule has 2 rings (SSSR count). The summed E-state index contributed by atoms with van der Waals surface area (Å²) in [5, 5.41) is 9.80. The number of aryl methyl sites for hydroxylation is 5. The zero-order valence-corrected chi connectivity index (χ0v) is 14.6. The maximum atomic E-state index is 12.0. The summed E-state index contributed by atoms with van der Waals surface area (Å²) in [4.78, 5) is 23.9. The molecule has 0 spiro atoms. The highest BCUT2D eigenvalue weighted by Crippen LogP contribution is 2.18. The standard InChI is InChI=1S/C18H24N4O2/c1-12-6-5-7-13(2)18(12)20-17(24)11-19-16(23)8-9-22-15(4)10-14(3)21-22/h5-7,10H,8-9,11H2,1-4H3,(H,19,23)(H,20,24). The Bertz CT molecular complexity index is 729. The number of hydrogen-bond donors (Lipinski definition) is 2. The molecule has 0 radical (unpaired) electrons. The maximum Gasteiger partial charge on any atom is 0.243 e. The molecular weight excluding hydrogens is 304 g/mol. The SMILES string of the molecule is Cc1cc(C)n(CCC(=O)NCC(=O)Nc2c(C)cccc2C)n1. The molecule has 1 heterocycles. The highest BCUT2D eigenvalue weighted by atomic mass is 16.2. The minimum atomic E-state index is -0.230. The Morgan fingerprint density at radius 2 is 1.75 bits per heavy atom. The predicted molar refractivity (Wildman–Crippen MR) is 93.9 cm³/mol. The van der Waals surface area contributed by atoms with E-state index in [0.29, 0.717) is 13.0 Å². The molecule has 0 aliphatic heterocycles. The molecule has 6 heteroatoms. The summed E-state index contributed by atoms with van der Waals surface area (Å²) in [6, 6.07) is 7.79. The van der Waals surface area contributed by atoms with E-state index in [-0.39, 0.29) is 18.4 Å². The van der Waals surface area contributed by atoms with Crippen LogP contribution in [0.2, 0.25) is 0 Å². The van der Waals surface area contributed by atoms with Crippen molar-refractivity contribution in [2.45, 2.75) is 40.7 Å². The number of benzene rings is 1. The largest absolute Gasteiger partial charge is 0.347 e. The summed E-state index contributed by atoms with van der Waals surface area (Å²) >= 11 is 0. The van der Waals surface area contributed by atoms with Crippen molar-refractivity contribution in [3.63, 3.8) is 0 Å². The first kappa shape index (κ1) is 17.7. The summed E-state index contributed by atoms with van der Waals surface area (Å²) in [7, 11) is 0. The number of amides is 2. The van der Waals surface area contributed by atoms with E-state index in [1.165, 1.54) is 0 Å². The van der Waals surface area contributed by atoms with E-state index in [1.807, 2.05) is 52.0 Å². The summed E-state index contributed by atoms with van der Waals surface area (Å²) in [6.07, 6.45) is 0.290. The molecule has 128 valence electrons. The fourth-order valence-electron chi connectivity index (χ4n) is 2.57. The van der Waals surface area contributed by atoms with Gasteiger partial charge in [0, 0.05) is 24.3 Å². The van der Waals surface area contributed by atoms with Gasteiger partial charge in [0.05, 0.1) is 12.2 Å². The number of carbonyl (C=O) groups is 2. The summed E-state index contributed by atoms with van der Waals surface area (Å²) in [6.45, 7) is 8.22. The van der Waals surface area contributed by atoms with Crippen molar-refractivity contribution in [3.8, 4) is 0 Å². The average Bonchev–Trinajstić information content (AvgIpc) is 2.84. The van der Waals surface area contributed by atoms with Gasteiger partial charge in [0.2, 0.25) is 11.8 Å². The van der Waals surface area contributed by atoms with E-state index in [2.05, 4.69) is 15.7 Å². The van der Waals surface area contributed by atoms with E-state index in [4.69, 9.17) is 0 Å². The Labute approximate surface area is 142 Å². The highest BCUT2D eigenvalue weighted by molar-refractivity contribution is 5.95. The number of carbonyl (C=O) groups excluding carboxylic acids is 2. The molecule has 0 saturated heterocycles. The molecule has 24 heavy (non-hydrogen) atoms. The Morgan fingerprint density at radius 1 is 1.08 bits per heavy atom. The lowest BCUT2D eigenvalue weighted by atomic mass is 10.1. The molecule has 0 atom stereocenters. The van der Waals surface area contributed by atoms with Crippen molar-refractivity contribution in [3.05, 3.63) is 46.8 Å². The van der Waals surface area contributed by atoms with E-state index < -0.39 is 0 Å². The molecule has 0 aliphatic carbocycles. The molecule has 6 nitrogen and oxygen atoms in total. The van der Waals surface area contributed by atoms with Crippen LogP contribution < -0.4 is 10.6 Å². The quantitative estimate of drug-likeness (QED) is 0.854. The van der Waals surface area contributed by atoms with Crippen LogP contribution in [-0.2, 0) is 16.1 Å². The van der Waals surface area contributed by atoms with Gasteiger partial charge >= 0.3 is 0 Å². The minimum absolute atomic E-state index is 0.0380. The zero-order chi connectivity index (χ0) is 17.7. The Kier molecular flexibility index (Phi) is 5.73. The molecule has 2 amide bonds. The van der Waals surface area contributed by atoms with Crippen LogP contribution in [0.1, 0.15) is 28.9 Å². The molecule has 0 unspecified atom stereocenters. The number of rotatable bonds is 6. The monoisotopic (exact) mass is 328 g/mol. The van der Waals surface area contributed by atoms with Gasteiger partial charge in [0.15, 0.2) is 0 Å². The maximum absolute atomic E-state index is 12.0. The fraction of sp³-hybridized carbons (Fsp3) is 0.389. The number of anilines is 1. The van der Waals surface area contributed by atoms with E-state index in [1.54, 1.807) is 4.68 Å². The average molecular weight is 328 g/mol. The Balaban J connectivity index is 1.79. The van der Waals surface area contributed by atoms with E-state index in [9.17, 15) is 9.59 Å². The van der Waals surface area contributed by atoms with Crippen molar-refractivity contribution in [1.82, 2.24) is 15.1 Å². The van der Waals surface area contributed by atoms with Gasteiger partial charge in [-0.05, 0) is 44.9 Å². The fourth-order valence-corrected chi connectivity index (χ4v) is 2.57. The summed E-state index contributed by atoms with van der Waals surface area (Å²) < 4.78 is 1.80. The van der Waals surface area contributed by atoms with Crippen molar-refractivity contribution < 1.29 is 9.59 Å². The molecule has 1 aromatic carbocycles. The van der Waals surface area contributed by atoms with Crippen LogP contribution >= 0.6 is 0 Å². The zero-order valence-electron chi connectivity index (χ0n) is 14.6. The van der Waals surface area contributed by atoms with Crippen LogP contribution in [0.3, 0.4) is 0 Å². The second kappa shape index (κ2) is 7.77. The van der Waals surface area contributed by atoms with Crippen LogP contribution in [0.5, 0.6) is 0 Å². The second-order valence-corrected chi connectivity index (χ2v) is 5.99. The third-order valence-corrected chi connectivity index (χ3v) is 3.85. The van der Waals surface area contributed by atoms with Crippen LogP contribution in [0.25, 0.3) is 0 Å². The van der Waals surface area contributed by atoms with E-state index >= 15 is 0 Å². The van der Waals surface area contributed by atoms with Gasteiger partial charge in [0.1, 0.15) is 0 Å². The van der Waals surface area contributed by atoms with Crippen molar-refractivity contribution in [2.24, 2.45) is 0 Å². The van der Waals surface area contributed by atoms with Crippen LogP contribution in [0.15, 0.2) is 24.3 Å². The molecule has 2 aromatic rings. The molecule has 0 aliphatic rings. The first-order chi connectivity index (χ1) is 11.4. The lowest BCUT2D eigenvalue weighted by Crippen LogP contribution is -2.33. The highest BCUT2D eigenvalue weighted by Gasteiger charge is 2.10. The number of para-hydroxylation sites is 1. The molecular formula is C18H24N4O2. The normalized spacial score (nSPS) is 10.5. The van der Waals surface area contributed by atoms with E-state index in [0.717, 1.165) is 28.2 Å². The third-order valence-electron chi connectivity index (χ3n) is 3.85. The van der Waals surface area contributed by atoms with Crippen LogP contribution in [-0.4, -0.2) is 28.1 Å². The number of hydrogen-bond acceptors (Lipinski definition) is 3. The first-order valence-electron chi connectivity index (χ1n) is 8.00. The van der Waals surface area contributed by atoms with Crippen LogP contribution in [0.4, 0.5) is 5.69 Å². The molecule has 0 bridgehead atoms. The van der Waals surface area contributed by atoms with Gasteiger partial charge in [-0.2, -0.15) is 5.10 Å². The van der Waals surface area contributed by atoms with Gasteiger partial charge in [-0.15, -0.1) is 0 Å². The number of nitrogens with one attached hydrogen (secondary N) is 2. The van der Waals surface area contributed by atoms with Crippen LogP contribution in [0, 0.1) is 27.7 Å². The Hall–Kier alpha value is -2.63. The molecule has 0 fully saturated rings. The lowest BCUT2D eigenvalue weighted by Gasteiger charge is -2.12. The van der Waals surface area contributed by atoms with Gasteiger partial charge in [-0.3, -0.25) is 14.3 Å². The first-order valence-corrected chi connectivity index (χ1v) is 8.00. The summed E-state index contributed by atoms with van der Waals surface area (Å²) in [5.41, 5.74) is 4.76. The molecule has 0 saturated carbocycles. The van der Waals surface area contributed by atoms with Gasteiger partial charge in [-0.25, -0.2) is 0 Å². The van der Waals surface area contributed by atoms with Gasteiger partial charge < -0.3 is 10.6 Å². The molecule has 1 aromatic heterocycles. The van der Waals surface area contributed by atoms with Crippen molar-refractivity contribution in [1.29, 1.82) is 0 Å². The minimum Gasteiger partial charge on any atom is -0.347 e. The van der Waals surface area contributed by atoms with Crippen molar-refractivity contribution >= 4 is 17.5 Å². The topological polar surface area (TPSA) is 76.0 Å².